The third kappa shape index (κ3) is 6.93. The summed E-state index contributed by atoms with van der Waals surface area (Å²) < 4.78 is 0. The van der Waals surface area contributed by atoms with Crippen molar-refractivity contribution in [3.63, 3.8) is 0 Å². The third-order valence-corrected chi connectivity index (χ3v) is 6.71. The Morgan fingerprint density at radius 1 is 0.429 bits per heavy atom. The van der Waals surface area contributed by atoms with Crippen LogP contribution in [0.25, 0.3) is 0 Å². The summed E-state index contributed by atoms with van der Waals surface area (Å²) in [6.07, 6.45) is 10.1. The number of rotatable bonds is 0. The fraction of sp³-hybridized carbons (Fsp3) is 0.556. The maximum atomic E-state index is 3.36. The van der Waals surface area contributed by atoms with Gasteiger partial charge in [-0.1, -0.05) is 80.1 Å². The van der Waals surface area contributed by atoms with Crippen LogP contribution in [0.3, 0.4) is 0 Å². The minimum absolute atomic E-state index is 0. The largest absolute Gasteiger partial charge is 3.00 e. The van der Waals surface area contributed by atoms with Crippen molar-refractivity contribution in [3.05, 3.63) is 68.4 Å². The Balaban J connectivity index is 0.000000384. The summed E-state index contributed by atoms with van der Waals surface area (Å²) in [6, 6.07) is 0. The standard InChI is InChI=1S/3C9H13.Sm/c3*1-6-5-7(2)9(4)8(6)3;/h3*6H,1-4H3;/q3*-1;+3. The molecule has 0 aromatic heterocycles. The van der Waals surface area contributed by atoms with E-state index in [4.69, 9.17) is 0 Å². The zero-order chi connectivity index (χ0) is 21.0. The zero-order valence-electron chi connectivity index (χ0n) is 20.1. The van der Waals surface area contributed by atoms with E-state index in [2.05, 4.69) is 101 Å². The van der Waals surface area contributed by atoms with Crippen molar-refractivity contribution in [1.29, 1.82) is 0 Å². The summed E-state index contributed by atoms with van der Waals surface area (Å²) in [5, 5.41) is 0. The average molecular weight is 514 g/mol. The van der Waals surface area contributed by atoms with Crippen LogP contribution in [0.15, 0.2) is 50.2 Å². The van der Waals surface area contributed by atoms with Gasteiger partial charge >= 0.3 is 40.4 Å². The molecule has 3 unspecified atom stereocenters. The molecule has 3 rings (SSSR count). The summed E-state index contributed by atoms with van der Waals surface area (Å²) >= 11 is 0. The molecule has 0 aromatic rings. The van der Waals surface area contributed by atoms with E-state index in [0.29, 0.717) is 17.8 Å². The monoisotopic (exact) mass is 515 g/mol. The molecule has 3 atom stereocenters. The Kier molecular flexibility index (Phi) is 11.7. The van der Waals surface area contributed by atoms with Crippen molar-refractivity contribution in [2.24, 2.45) is 17.8 Å². The molecule has 1 heteroatoms. The van der Waals surface area contributed by atoms with Crippen LogP contribution in [-0.4, -0.2) is 0 Å². The van der Waals surface area contributed by atoms with Gasteiger partial charge in [0.15, 0.2) is 0 Å². The van der Waals surface area contributed by atoms with Crippen molar-refractivity contribution in [1.82, 2.24) is 0 Å². The maximum absolute atomic E-state index is 3.36. The first-order valence-corrected chi connectivity index (χ1v) is 10.2. The molecule has 0 bridgehead atoms. The number of hydrogen-bond acceptors (Lipinski definition) is 0. The van der Waals surface area contributed by atoms with Gasteiger partial charge in [-0.2, -0.15) is 33.4 Å². The number of hydrogen-bond donors (Lipinski definition) is 0. The van der Waals surface area contributed by atoms with E-state index in [9.17, 15) is 0 Å². The molecule has 0 amide bonds. The van der Waals surface area contributed by atoms with Gasteiger partial charge in [-0.15, -0.1) is 20.8 Å². The predicted octanol–water partition coefficient (Wildman–Crippen LogP) is 8.17. The van der Waals surface area contributed by atoms with Crippen LogP contribution in [0.2, 0.25) is 0 Å². The smallest absolute Gasteiger partial charge is 0.266 e. The van der Waals surface area contributed by atoms with Crippen LogP contribution in [0.1, 0.15) is 83.1 Å². The molecular weight excluding hydrogens is 475 g/mol. The Bertz CT molecular complexity index is 657. The second kappa shape index (κ2) is 11.8. The van der Waals surface area contributed by atoms with Crippen LogP contribution in [0.4, 0.5) is 0 Å². The third-order valence-electron chi connectivity index (χ3n) is 6.71. The first-order chi connectivity index (χ1) is 12.4. The predicted molar refractivity (Wildman–Crippen MR) is 120 cm³/mol. The SMILES string of the molecule is CC1=[C-]C(C)C(C)=C1C.CC1=[C-]C(C)C(C)=C1C.CC1=[C-]C(C)C(C)=C1C.[Sm+3]. The maximum Gasteiger partial charge on any atom is 3.00 e. The Morgan fingerprint density at radius 2 is 0.607 bits per heavy atom. The second-order valence-corrected chi connectivity index (χ2v) is 8.40. The summed E-state index contributed by atoms with van der Waals surface area (Å²) in [5.74, 6) is 1.68. The van der Waals surface area contributed by atoms with E-state index < -0.39 is 0 Å². The second-order valence-electron chi connectivity index (χ2n) is 8.40. The summed E-state index contributed by atoms with van der Waals surface area (Å²) in [5.41, 5.74) is 12.7. The molecule has 3 aliphatic rings. The van der Waals surface area contributed by atoms with Crippen molar-refractivity contribution in [3.8, 4) is 0 Å². The molecule has 1 radical (unpaired) electrons. The summed E-state index contributed by atoms with van der Waals surface area (Å²) in [7, 11) is 0. The van der Waals surface area contributed by atoms with Gasteiger partial charge in [-0.05, 0) is 0 Å². The van der Waals surface area contributed by atoms with Gasteiger partial charge in [-0.3, -0.25) is 18.2 Å². The molecule has 153 valence electrons. The quantitative estimate of drug-likeness (QED) is 0.287. The van der Waals surface area contributed by atoms with Gasteiger partial charge in [0.05, 0.1) is 0 Å². The fourth-order valence-electron chi connectivity index (χ4n) is 3.49. The van der Waals surface area contributed by atoms with Crippen LogP contribution < -0.4 is 0 Å². The Labute approximate surface area is 208 Å². The Hall–Kier alpha value is -0.222. The van der Waals surface area contributed by atoms with Gasteiger partial charge in [0.1, 0.15) is 0 Å². The van der Waals surface area contributed by atoms with E-state index in [-0.39, 0.29) is 40.4 Å². The van der Waals surface area contributed by atoms with Gasteiger partial charge in [0, 0.05) is 0 Å². The Morgan fingerprint density at radius 3 is 0.643 bits per heavy atom. The van der Waals surface area contributed by atoms with Gasteiger partial charge in [0.2, 0.25) is 0 Å². The first kappa shape index (κ1) is 27.8. The van der Waals surface area contributed by atoms with Crippen LogP contribution in [0, 0.1) is 76.4 Å². The van der Waals surface area contributed by atoms with Crippen molar-refractivity contribution < 1.29 is 40.4 Å². The molecule has 0 nitrogen and oxygen atoms in total. The molecule has 0 saturated heterocycles. The van der Waals surface area contributed by atoms with Crippen molar-refractivity contribution in [2.45, 2.75) is 83.1 Å². The fourth-order valence-corrected chi connectivity index (χ4v) is 3.49. The van der Waals surface area contributed by atoms with E-state index in [1.54, 1.807) is 0 Å². The zero-order valence-corrected chi connectivity index (χ0v) is 22.8. The van der Waals surface area contributed by atoms with Crippen molar-refractivity contribution in [2.75, 3.05) is 0 Å². The van der Waals surface area contributed by atoms with Gasteiger partial charge in [0.25, 0.3) is 0 Å². The molecular formula is C27H39Sm. The van der Waals surface area contributed by atoms with Crippen LogP contribution in [-0.2, 0) is 0 Å². The normalized spacial score (nSPS) is 26.1. The average Bonchev–Trinajstić information content (AvgIpc) is 3.07. The first-order valence-electron chi connectivity index (χ1n) is 10.2. The molecule has 0 spiro atoms. The summed E-state index contributed by atoms with van der Waals surface area (Å²) in [6.45, 7) is 26.0. The van der Waals surface area contributed by atoms with Crippen LogP contribution in [0.5, 0.6) is 0 Å². The van der Waals surface area contributed by atoms with E-state index in [1.165, 1.54) is 50.2 Å². The molecule has 0 N–H and O–H groups in total. The van der Waals surface area contributed by atoms with Gasteiger partial charge in [-0.25, -0.2) is 16.7 Å². The molecule has 0 saturated carbocycles. The van der Waals surface area contributed by atoms with E-state index in [1.807, 2.05) is 0 Å². The molecule has 3 aliphatic carbocycles. The minimum atomic E-state index is 0. The molecule has 0 fully saturated rings. The number of allylic oxidation sites excluding steroid dienone is 12. The van der Waals surface area contributed by atoms with Gasteiger partial charge < -0.3 is 0 Å². The molecule has 28 heavy (non-hydrogen) atoms. The van der Waals surface area contributed by atoms with E-state index >= 15 is 0 Å². The topological polar surface area (TPSA) is 0 Å². The van der Waals surface area contributed by atoms with Crippen LogP contribution >= 0.6 is 0 Å². The summed E-state index contributed by atoms with van der Waals surface area (Å²) in [4.78, 5) is 0. The van der Waals surface area contributed by atoms with Crippen molar-refractivity contribution >= 4 is 0 Å². The molecule has 0 aromatic carbocycles. The molecule has 0 aliphatic heterocycles. The van der Waals surface area contributed by atoms with E-state index in [0.717, 1.165) is 0 Å². The molecule has 0 heterocycles. The minimum Gasteiger partial charge on any atom is -0.266 e.